The molecule has 0 aliphatic carbocycles. The molecule has 0 bridgehead atoms. The molecule has 2 nitrogen and oxygen atoms in total. The van der Waals surface area contributed by atoms with Crippen molar-refractivity contribution in [3.05, 3.63) is 59.7 Å². The van der Waals surface area contributed by atoms with Gasteiger partial charge in [-0.1, -0.05) is 6.07 Å². The van der Waals surface area contributed by atoms with Crippen molar-refractivity contribution in [3.8, 4) is 0 Å². The van der Waals surface area contributed by atoms with Crippen LogP contribution in [0.4, 0.5) is 20.2 Å². The third kappa shape index (κ3) is 2.77. The summed E-state index contributed by atoms with van der Waals surface area (Å²) in [5, 5.41) is 0. The summed E-state index contributed by atoms with van der Waals surface area (Å²) in [4.78, 5) is 1.81. The van der Waals surface area contributed by atoms with Crippen molar-refractivity contribution in [1.29, 1.82) is 0 Å². The minimum absolute atomic E-state index is 0.285. The number of hydrogen-bond donors (Lipinski definition) is 1. The minimum Gasteiger partial charge on any atom is -0.399 e. The molecule has 0 aromatic heterocycles. The van der Waals surface area contributed by atoms with Gasteiger partial charge in [-0.2, -0.15) is 0 Å². The van der Waals surface area contributed by atoms with Crippen LogP contribution < -0.4 is 10.6 Å². The van der Waals surface area contributed by atoms with Gasteiger partial charge in [0.15, 0.2) is 0 Å². The van der Waals surface area contributed by atoms with Crippen LogP contribution >= 0.6 is 0 Å². The molecule has 0 fully saturated rings. The molecule has 0 atom stereocenters. The van der Waals surface area contributed by atoms with Crippen molar-refractivity contribution in [2.75, 3.05) is 17.7 Å². The van der Waals surface area contributed by atoms with E-state index in [2.05, 4.69) is 0 Å². The zero-order valence-corrected chi connectivity index (χ0v) is 10.0. The molecule has 94 valence electrons. The zero-order chi connectivity index (χ0) is 13.1. The fraction of sp³-hybridized carbons (Fsp3) is 0.143. The van der Waals surface area contributed by atoms with Gasteiger partial charge >= 0.3 is 0 Å². The van der Waals surface area contributed by atoms with Crippen LogP contribution in [0.25, 0.3) is 0 Å². The number of nitrogens with two attached hydrogens (primary N) is 1. The van der Waals surface area contributed by atoms with E-state index in [9.17, 15) is 8.78 Å². The van der Waals surface area contributed by atoms with E-state index in [1.54, 1.807) is 19.2 Å². The van der Waals surface area contributed by atoms with E-state index in [1.807, 2.05) is 17.0 Å². The number of anilines is 2. The van der Waals surface area contributed by atoms with E-state index in [4.69, 9.17) is 5.73 Å². The molecule has 0 aliphatic rings. The van der Waals surface area contributed by atoms with Crippen molar-refractivity contribution in [1.82, 2.24) is 0 Å². The standard InChI is InChI=1S/C14H14F2N2/c1-18(13-4-2-3-12(17)8-13)9-10-7-11(15)5-6-14(10)16/h2-8H,9,17H2,1H3. The number of halogens is 2. The van der Waals surface area contributed by atoms with Crippen LogP contribution in [0, 0.1) is 11.6 Å². The number of hydrogen-bond acceptors (Lipinski definition) is 2. The van der Waals surface area contributed by atoms with E-state index in [0.29, 0.717) is 11.3 Å². The van der Waals surface area contributed by atoms with Gasteiger partial charge in [-0.25, -0.2) is 8.78 Å². The number of nitrogens with zero attached hydrogens (tertiary/aromatic N) is 1. The summed E-state index contributed by atoms with van der Waals surface area (Å²) < 4.78 is 26.6. The molecule has 2 aromatic rings. The third-order valence-electron chi connectivity index (χ3n) is 2.73. The van der Waals surface area contributed by atoms with Gasteiger partial charge < -0.3 is 10.6 Å². The summed E-state index contributed by atoms with van der Waals surface area (Å²) >= 11 is 0. The lowest BCUT2D eigenvalue weighted by Gasteiger charge is -2.20. The highest BCUT2D eigenvalue weighted by molar-refractivity contribution is 5.55. The molecular weight excluding hydrogens is 234 g/mol. The number of benzene rings is 2. The van der Waals surface area contributed by atoms with Crippen LogP contribution in [0.5, 0.6) is 0 Å². The average Bonchev–Trinajstić information content (AvgIpc) is 2.34. The monoisotopic (exact) mass is 248 g/mol. The Morgan fingerprint density at radius 1 is 1.11 bits per heavy atom. The van der Waals surface area contributed by atoms with Crippen molar-refractivity contribution in [3.63, 3.8) is 0 Å². The van der Waals surface area contributed by atoms with Crippen LogP contribution in [-0.2, 0) is 6.54 Å². The van der Waals surface area contributed by atoms with Gasteiger partial charge in [0.25, 0.3) is 0 Å². The molecular formula is C14H14F2N2. The molecule has 0 heterocycles. The van der Waals surface area contributed by atoms with Gasteiger partial charge in [0.2, 0.25) is 0 Å². The lowest BCUT2D eigenvalue weighted by atomic mass is 10.2. The first-order valence-electron chi connectivity index (χ1n) is 5.57. The van der Waals surface area contributed by atoms with E-state index in [-0.39, 0.29) is 6.54 Å². The first kappa shape index (κ1) is 12.4. The minimum atomic E-state index is -0.438. The zero-order valence-electron chi connectivity index (χ0n) is 10.0. The quantitative estimate of drug-likeness (QED) is 0.845. The summed E-state index contributed by atoms with van der Waals surface area (Å²) in [6.07, 6.45) is 0. The maximum absolute atomic E-state index is 13.5. The first-order chi connectivity index (χ1) is 8.56. The average molecular weight is 248 g/mol. The van der Waals surface area contributed by atoms with Crippen LogP contribution in [0.3, 0.4) is 0 Å². The molecule has 0 aliphatic heterocycles. The van der Waals surface area contributed by atoms with E-state index in [0.717, 1.165) is 17.8 Å². The second kappa shape index (κ2) is 5.04. The van der Waals surface area contributed by atoms with Gasteiger partial charge in [0.1, 0.15) is 11.6 Å². The Balaban J connectivity index is 2.21. The smallest absolute Gasteiger partial charge is 0.128 e. The van der Waals surface area contributed by atoms with Gasteiger partial charge in [-0.3, -0.25) is 0 Å². The summed E-state index contributed by atoms with van der Waals surface area (Å²) in [6, 6.07) is 10.7. The Kier molecular flexibility index (Phi) is 3.46. The lowest BCUT2D eigenvalue weighted by Crippen LogP contribution is -2.17. The topological polar surface area (TPSA) is 29.3 Å². The van der Waals surface area contributed by atoms with Gasteiger partial charge in [-0.15, -0.1) is 0 Å². The molecule has 2 rings (SSSR count). The largest absolute Gasteiger partial charge is 0.399 e. The molecule has 4 heteroatoms. The fourth-order valence-electron chi connectivity index (χ4n) is 1.77. The summed E-state index contributed by atoms with van der Waals surface area (Å²) in [6.45, 7) is 0.285. The molecule has 2 aromatic carbocycles. The second-order valence-electron chi connectivity index (χ2n) is 4.19. The van der Waals surface area contributed by atoms with Crippen molar-refractivity contribution < 1.29 is 8.78 Å². The highest BCUT2D eigenvalue weighted by Crippen LogP contribution is 2.19. The van der Waals surface area contributed by atoms with E-state index in [1.165, 1.54) is 6.07 Å². The predicted molar refractivity (Wildman–Crippen MR) is 69.3 cm³/mol. The van der Waals surface area contributed by atoms with E-state index < -0.39 is 11.6 Å². The predicted octanol–water partition coefficient (Wildman–Crippen LogP) is 3.18. The summed E-state index contributed by atoms with van der Waals surface area (Å²) in [7, 11) is 1.80. The first-order valence-corrected chi connectivity index (χ1v) is 5.57. The Morgan fingerprint density at radius 2 is 1.89 bits per heavy atom. The van der Waals surface area contributed by atoms with Crippen LogP contribution in [-0.4, -0.2) is 7.05 Å². The summed E-state index contributed by atoms with van der Waals surface area (Å²) in [5.41, 5.74) is 7.50. The molecule has 0 radical (unpaired) electrons. The Morgan fingerprint density at radius 3 is 2.61 bits per heavy atom. The molecule has 0 saturated carbocycles. The summed E-state index contributed by atoms with van der Waals surface area (Å²) in [5.74, 6) is -0.848. The van der Waals surface area contributed by atoms with Crippen molar-refractivity contribution >= 4 is 11.4 Å². The molecule has 0 amide bonds. The molecule has 2 N–H and O–H groups in total. The molecule has 0 unspecified atom stereocenters. The third-order valence-corrected chi connectivity index (χ3v) is 2.73. The maximum atomic E-state index is 13.5. The van der Waals surface area contributed by atoms with Crippen LogP contribution in [0.1, 0.15) is 5.56 Å². The molecule has 18 heavy (non-hydrogen) atoms. The molecule has 0 saturated heterocycles. The van der Waals surface area contributed by atoms with Crippen molar-refractivity contribution in [2.24, 2.45) is 0 Å². The number of nitrogen functional groups attached to an aromatic ring is 1. The van der Waals surface area contributed by atoms with Crippen LogP contribution in [0.15, 0.2) is 42.5 Å². The highest BCUT2D eigenvalue weighted by atomic mass is 19.1. The lowest BCUT2D eigenvalue weighted by molar-refractivity contribution is 0.583. The van der Waals surface area contributed by atoms with Gasteiger partial charge in [0, 0.05) is 30.5 Å². The fourth-order valence-corrected chi connectivity index (χ4v) is 1.77. The van der Waals surface area contributed by atoms with Crippen molar-refractivity contribution in [2.45, 2.75) is 6.54 Å². The normalized spacial score (nSPS) is 10.4. The van der Waals surface area contributed by atoms with Gasteiger partial charge in [-0.05, 0) is 36.4 Å². The molecule has 0 spiro atoms. The SMILES string of the molecule is CN(Cc1cc(F)ccc1F)c1cccc(N)c1. The van der Waals surface area contributed by atoms with E-state index >= 15 is 0 Å². The highest BCUT2D eigenvalue weighted by Gasteiger charge is 2.08. The number of rotatable bonds is 3. The van der Waals surface area contributed by atoms with Crippen LogP contribution in [0.2, 0.25) is 0 Å². The van der Waals surface area contributed by atoms with Gasteiger partial charge in [0.05, 0.1) is 0 Å². The Hall–Kier alpha value is -2.10. The second-order valence-corrected chi connectivity index (χ2v) is 4.19. The Labute approximate surface area is 105 Å². The Bertz CT molecular complexity index is 555. The maximum Gasteiger partial charge on any atom is 0.128 e.